The minimum Gasteiger partial charge on any atom is -0.497 e. The summed E-state index contributed by atoms with van der Waals surface area (Å²) in [5.41, 5.74) is 3.42. The molecule has 0 saturated carbocycles. The van der Waals surface area contributed by atoms with Crippen LogP contribution >= 0.6 is 23.5 Å². The Kier molecular flexibility index (Phi) is 7.65. The third-order valence-electron chi connectivity index (χ3n) is 4.72. The first-order chi connectivity index (χ1) is 16.1. The van der Waals surface area contributed by atoms with Gasteiger partial charge >= 0.3 is 0 Å². The zero-order chi connectivity index (χ0) is 23.0. The van der Waals surface area contributed by atoms with Crippen LogP contribution < -0.4 is 10.1 Å². The van der Waals surface area contributed by atoms with Crippen LogP contribution in [-0.2, 0) is 5.75 Å². The molecule has 7 heteroatoms. The molecule has 0 radical (unpaired) electrons. The van der Waals surface area contributed by atoms with Gasteiger partial charge in [-0.25, -0.2) is 9.97 Å². The summed E-state index contributed by atoms with van der Waals surface area (Å²) in [6, 6.07) is 25.4. The highest BCUT2D eigenvalue weighted by molar-refractivity contribution is 7.99. The number of nitrogens with zero attached hydrogens (tertiary/aromatic N) is 2. The van der Waals surface area contributed by atoms with Gasteiger partial charge in [0, 0.05) is 22.5 Å². The van der Waals surface area contributed by atoms with E-state index >= 15 is 0 Å². The van der Waals surface area contributed by atoms with Crippen molar-refractivity contribution in [3.05, 3.63) is 102 Å². The van der Waals surface area contributed by atoms with E-state index in [9.17, 15) is 4.79 Å². The number of aromatic nitrogens is 2. The lowest BCUT2D eigenvalue weighted by Gasteiger charge is -2.11. The van der Waals surface area contributed by atoms with Crippen molar-refractivity contribution in [1.82, 2.24) is 9.97 Å². The number of rotatable bonds is 8. The Bertz CT molecular complexity index is 1230. The van der Waals surface area contributed by atoms with Gasteiger partial charge in [0.15, 0.2) is 5.16 Å². The van der Waals surface area contributed by atoms with E-state index in [4.69, 9.17) is 4.74 Å². The molecule has 0 spiro atoms. The van der Waals surface area contributed by atoms with E-state index in [2.05, 4.69) is 40.4 Å². The lowest BCUT2D eigenvalue weighted by molar-refractivity contribution is 0.101. The summed E-state index contributed by atoms with van der Waals surface area (Å²) in [6.07, 6.45) is 1.73. The zero-order valence-corrected chi connectivity index (χ0v) is 20.0. The molecule has 0 unspecified atom stereocenters. The molecule has 0 aliphatic carbocycles. The predicted octanol–water partition coefficient (Wildman–Crippen LogP) is 6.49. The van der Waals surface area contributed by atoms with Crippen LogP contribution in [-0.4, -0.2) is 23.0 Å². The fraction of sp³-hybridized carbons (Fsp3) is 0.115. The summed E-state index contributed by atoms with van der Waals surface area (Å²) >= 11 is 2.98. The van der Waals surface area contributed by atoms with Gasteiger partial charge in [-0.1, -0.05) is 71.6 Å². The lowest BCUT2D eigenvalue weighted by atomic mass is 10.2. The summed E-state index contributed by atoms with van der Waals surface area (Å²) < 4.78 is 5.19. The molecule has 4 rings (SSSR count). The van der Waals surface area contributed by atoms with E-state index in [1.165, 1.54) is 34.7 Å². The second kappa shape index (κ2) is 11.0. The minimum atomic E-state index is -0.279. The van der Waals surface area contributed by atoms with Crippen LogP contribution in [0, 0.1) is 6.92 Å². The highest BCUT2D eigenvalue weighted by atomic mass is 32.2. The largest absolute Gasteiger partial charge is 0.497 e. The number of methoxy groups -OCH3 is 1. The van der Waals surface area contributed by atoms with Crippen molar-refractivity contribution in [2.24, 2.45) is 0 Å². The Morgan fingerprint density at radius 2 is 1.79 bits per heavy atom. The van der Waals surface area contributed by atoms with Gasteiger partial charge < -0.3 is 10.1 Å². The number of nitrogens with one attached hydrogen (secondary N) is 1. The molecule has 1 N–H and O–H groups in total. The number of thioether (sulfide) groups is 1. The minimum absolute atomic E-state index is 0.279. The standard InChI is InChI=1S/C26H23N3O2S2/c1-18-7-6-8-19(15-18)17-32-26-27-16-23(33-22-9-4-3-5-10-22)24(29-26)25(30)28-20-11-13-21(31-2)14-12-20/h3-16H,17H2,1-2H3,(H,28,30). The first-order valence-electron chi connectivity index (χ1n) is 10.3. The van der Waals surface area contributed by atoms with Crippen molar-refractivity contribution in [1.29, 1.82) is 0 Å². The molecule has 0 aliphatic rings. The summed E-state index contributed by atoms with van der Waals surface area (Å²) in [5, 5.41) is 3.50. The summed E-state index contributed by atoms with van der Waals surface area (Å²) in [4.78, 5) is 24.1. The molecule has 0 fully saturated rings. The number of ether oxygens (including phenoxy) is 1. The second-order valence-corrected chi connectivity index (χ2v) is 9.30. The number of hydrogen-bond acceptors (Lipinski definition) is 6. The van der Waals surface area contributed by atoms with Crippen LogP contribution in [0.4, 0.5) is 5.69 Å². The van der Waals surface area contributed by atoms with Crippen molar-refractivity contribution in [3.63, 3.8) is 0 Å². The number of anilines is 1. The van der Waals surface area contributed by atoms with Gasteiger partial charge in [-0.15, -0.1) is 0 Å². The fourth-order valence-electron chi connectivity index (χ4n) is 3.09. The Balaban J connectivity index is 1.58. The van der Waals surface area contributed by atoms with Crippen molar-refractivity contribution in [2.75, 3.05) is 12.4 Å². The molecule has 3 aromatic carbocycles. The van der Waals surface area contributed by atoms with Crippen molar-refractivity contribution < 1.29 is 9.53 Å². The van der Waals surface area contributed by atoms with Crippen LogP contribution in [0.15, 0.2) is 100 Å². The van der Waals surface area contributed by atoms with Crippen molar-refractivity contribution in [3.8, 4) is 5.75 Å². The molecule has 4 aromatic rings. The van der Waals surface area contributed by atoms with E-state index in [1.807, 2.05) is 36.4 Å². The van der Waals surface area contributed by atoms with Gasteiger partial charge in [-0.05, 0) is 48.9 Å². The van der Waals surface area contributed by atoms with Gasteiger partial charge in [0.2, 0.25) is 0 Å². The first kappa shape index (κ1) is 22.9. The monoisotopic (exact) mass is 473 g/mol. The topological polar surface area (TPSA) is 64.1 Å². The lowest BCUT2D eigenvalue weighted by Crippen LogP contribution is -2.16. The Morgan fingerprint density at radius 1 is 1.00 bits per heavy atom. The molecule has 1 amide bonds. The summed E-state index contributed by atoms with van der Waals surface area (Å²) in [6.45, 7) is 2.07. The third kappa shape index (κ3) is 6.37. The number of carbonyl (C=O) groups is 1. The van der Waals surface area contributed by atoms with Gasteiger partial charge in [-0.2, -0.15) is 0 Å². The zero-order valence-electron chi connectivity index (χ0n) is 18.3. The highest BCUT2D eigenvalue weighted by Gasteiger charge is 2.17. The molecule has 5 nitrogen and oxygen atoms in total. The number of aryl methyl sites for hydroxylation is 1. The Morgan fingerprint density at radius 3 is 2.52 bits per heavy atom. The van der Waals surface area contributed by atoms with E-state index in [0.29, 0.717) is 21.4 Å². The van der Waals surface area contributed by atoms with E-state index in [1.54, 1.807) is 37.6 Å². The average molecular weight is 474 g/mol. The van der Waals surface area contributed by atoms with Gasteiger partial charge in [0.05, 0.1) is 12.0 Å². The van der Waals surface area contributed by atoms with E-state index in [-0.39, 0.29) is 5.91 Å². The number of amides is 1. The first-order valence-corrected chi connectivity index (χ1v) is 12.1. The van der Waals surface area contributed by atoms with Crippen molar-refractivity contribution in [2.45, 2.75) is 27.6 Å². The molecule has 1 heterocycles. The molecular weight excluding hydrogens is 450 g/mol. The molecule has 0 bridgehead atoms. The van der Waals surface area contributed by atoms with Crippen LogP contribution in [0.5, 0.6) is 5.75 Å². The molecule has 33 heavy (non-hydrogen) atoms. The highest BCUT2D eigenvalue weighted by Crippen LogP contribution is 2.31. The SMILES string of the molecule is COc1ccc(NC(=O)c2nc(SCc3cccc(C)c3)ncc2Sc2ccccc2)cc1. The average Bonchev–Trinajstić information content (AvgIpc) is 2.84. The van der Waals surface area contributed by atoms with Crippen LogP contribution in [0.25, 0.3) is 0 Å². The van der Waals surface area contributed by atoms with Gasteiger partial charge in [0.25, 0.3) is 5.91 Å². The smallest absolute Gasteiger partial charge is 0.275 e. The maximum Gasteiger partial charge on any atom is 0.275 e. The van der Waals surface area contributed by atoms with Crippen LogP contribution in [0.2, 0.25) is 0 Å². The van der Waals surface area contributed by atoms with Crippen molar-refractivity contribution >= 4 is 35.1 Å². The van der Waals surface area contributed by atoms with E-state index in [0.717, 1.165) is 16.4 Å². The van der Waals surface area contributed by atoms with Gasteiger partial charge in [0.1, 0.15) is 11.4 Å². The molecule has 166 valence electrons. The normalized spacial score (nSPS) is 10.6. The number of hydrogen-bond donors (Lipinski definition) is 1. The maximum atomic E-state index is 13.2. The molecular formula is C26H23N3O2S2. The van der Waals surface area contributed by atoms with E-state index < -0.39 is 0 Å². The predicted molar refractivity (Wildman–Crippen MR) is 134 cm³/mol. The van der Waals surface area contributed by atoms with Crippen LogP contribution in [0.1, 0.15) is 21.6 Å². The summed E-state index contributed by atoms with van der Waals surface area (Å²) in [7, 11) is 1.61. The number of benzene rings is 3. The second-order valence-electron chi connectivity index (χ2n) is 7.24. The molecule has 0 aliphatic heterocycles. The molecule has 0 saturated heterocycles. The molecule has 0 atom stereocenters. The third-order valence-corrected chi connectivity index (χ3v) is 6.68. The number of carbonyl (C=O) groups excluding carboxylic acids is 1. The van der Waals surface area contributed by atoms with Gasteiger partial charge in [-0.3, -0.25) is 4.79 Å². The quantitative estimate of drug-likeness (QED) is 0.233. The summed E-state index contributed by atoms with van der Waals surface area (Å²) in [5.74, 6) is 1.18. The fourth-order valence-corrected chi connectivity index (χ4v) is 4.74. The molecule has 1 aromatic heterocycles. The van der Waals surface area contributed by atoms with Crippen LogP contribution in [0.3, 0.4) is 0 Å². The Labute approximate surface area is 202 Å². The maximum absolute atomic E-state index is 13.2. The Hall–Kier alpha value is -3.29.